The lowest BCUT2D eigenvalue weighted by Crippen LogP contribution is -2.31. The Balaban J connectivity index is 1.36. The quantitative estimate of drug-likeness (QED) is 0.722. The lowest BCUT2D eigenvalue weighted by Gasteiger charge is -2.19. The third-order valence-electron chi connectivity index (χ3n) is 4.17. The average molecular weight is 321 g/mol. The number of rotatable bonds is 5. The molecule has 0 fully saturated rings. The fraction of sp³-hybridized carbons (Fsp3) is 0.263. The van der Waals surface area contributed by atoms with Crippen molar-refractivity contribution in [2.45, 2.75) is 19.1 Å². The van der Waals surface area contributed by atoms with Crippen molar-refractivity contribution in [2.24, 2.45) is 0 Å². The Labute approximate surface area is 140 Å². The van der Waals surface area contributed by atoms with E-state index in [2.05, 4.69) is 34.2 Å². The number of benzene rings is 1. The van der Waals surface area contributed by atoms with E-state index < -0.39 is 0 Å². The summed E-state index contributed by atoms with van der Waals surface area (Å²) in [5.41, 5.74) is 3.06. The molecule has 4 rings (SSSR count). The Morgan fingerprint density at radius 3 is 2.96 bits per heavy atom. The van der Waals surface area contributed by atoms with Gasteiger partial charge in [0, 0.05) is 37.0 Å². The van der Waals surface area contributed by atoms with E-state index in [1.54, 1.807) is 12.4 Å². The van der Waals surface area contributed by atoms with E-state index in [4.69, 9.17) is 9.26 Å². The van der Waals surface area contributed by atoms with Crippen molar-refractivity contribution in [1.29, 1.82) is 0 Å². The van der Waals surface area contributed by atoms with Crippen LogP contribution in [-0.2, 0) is 13.0 Å². The molecule has 3 heterocycles. The van der Waals surface area contributed by atoms with Crippen LogP contribution in [0.5, 0.6) is 5.75 Å². The van der Waals surface area contributed by atoms with Crippen LogP contribution in [0.25, 0.3) is 11.3 Å². The second kappa shape index (κ2) is 6.45. The highest BCUT2D eigenvalue weighted by Crippen LogP contribution is 2.28. The molecule has 5 heteroatoms. The molecule has 1 aliphatic rings. The van der Waals surface area contributed by atoms with Gasteiger partial charge in [-0.2, -0.15) is 0 Å². The van der Waals surface area contributed by atoms with Gasteiger partial charge in [0.25, 0.3) is 0 Å². The lowest BCUT2D eigenvalue weighted by atomic mass is 10.1. The summed E-state index contributed by atoms with van der Waals surface area (Å²) in [6.07, 6.45) is 4.68. The zero-order chi connectivity index (χ0) is 16.4. The number of likely N-dealkylation sites (N-methyl/N-ethyl adjacent to an activating group) is 1. The van der Waals surface area contributed by atoms with Gasteiger partial charge in [-0.05, 0) is 30.8 Å². The van der Waals surface area contributed by atoms with Gasteiger partial charge >= 0.3 is 0 Å². The van der Waals surface area contributed by atoms with E-state index >= 15 is 0 Å². The highest BCUT2D eigenvalue weighted by Gasteiger charge is 2.23. The minimum Gasteiger partial charge on any atom is -0.488 e. The number of pyridine rings is 1. The van der Waals surface area contributed by atoms with Crippen LogP contribution < -0.4 is 4.74 Å². The molecule has 1 atom stereocenters. The van der Waals surface area contributed by atoms with Crippen LogP contribution in [0.3, 0.4) is 0 Å². The van der Waals surface area contributed by atoms with Gasteiger partial charge in [0.05, 0.1) is 6.54 Å². The Hall–Kier alpha value is -2.66. The summed E-state index contributed by atoms with van der Waals surface area (Å²) in [5, 5.41) is 4.13. The number of nitrogens with zero attached hydrogens (tertiary/aromatic N) is 3. The Morgan fingerprint density at radius 2 is 2.12 bits per heavy atom. The van der Waals surface area contributed by atoms with Crippen molar-refractivity contribution in [3.05, 3.63) is 66.2 Å². The summed E-state index contributed by atoms with van der Waals surface area (Å²) in [4.78, 5) is 6.31. The first-order chi connectivity index (χ1) is 11.8. The average Bonchev–Trinajstić information content (AvgIpc) is 3.21. The van der Waals surface area contributed by atoms with Crippen molar-refractivity contribution < 1.29 is 9.26 Å². The number of fused-ring (bicyclic) bond motifs is 1. The molecule has 2 aromatic heterocycles. The zero-order valence-corrected chi connectivity index (χ0v) is 13.6. The number of ether oxygens (including phenoxy) is 1. The van der Waals surface area contributed by atoms with E-state index in [9.17, 15) is 0 Å². The van der Waals surface area contributed by atoms with Crippen LogP contribution in [0.15, 0.2) is 59.4 Å². The summed E-state index contributed by atoms with van der Waals surface area (Å²) in [6, 6.07) is 14.1. The molecule has 0 aliphatic carbocycles. The van der Waals surface area contributed by atoms with E-state index in [0.29, 0.717) is 6.54 Å². The minimum absolute atomic E-state index is 0.188. The van der Waals surface area contributed by atoms with Crippen LogP contribution in [0.2, 0.25) is 0 Å². The normalized spacial score (nSPS) is 16.2. The van der Waals surface area contributed by atoms with E-state index in [1.165, 1.54) is 5.56 Å². The van der Waals surface area contributed by atoms with Crippen LogP contribution in [0.1, 0.15) is 11.3 Å². The molecule has 0 saturated heterocycles. The number of hydrogen-bond donors (Lipinski definition) is 0. The SMILES string of the molecule is CN(Cc1cc(-c2cccnc2)no1)CC1Cc2ccccc2O1. The maximum atomic E-state index is 5.99. The molecule has 0 amide bonds. The van der Waals surface area contributed by atoms with Crippen molar-refractivity contribution >= 4 is 0 Å². The van der Waals surface area contributed by atoms with Gasteiger partial charge < -0.3 is 9.26 Å². The fourth-order valence-corrected chi connectivity index (χ4v) is 3.07. The van der Waals surface area contributed by atoms with Gasteiger partial charge in [0.1, 0.15) is 17.5 Å². The lowest BCUT2D eigenvalue weighted by molar-refractivity contribution is 0.157. The number of para-hydroxylation sites is 1. The van der Waals surface area contributed by atoms with Crippen molar-refractivity contribution in [3.8, 4) is 17.0 Å². The number of aromatic nitrogens is 2. The van der Waals surface area contributed by atoms with E-state index in [-0.39, 0.29) is 6.10 Å². The fourth-order valence-electron chi connectivity index (χ4n) is 3.07. The topological polar surface area (TPSA) is 51.4 Å². The van der Waals surface area contributed by atoms with Crippen LogP contribution in [0.4, 0.5) is 0 Å². The Kier molecular flexibility index (Phi) is 4.01. The van der Waals surface area contributed by atoms with Crippen molar-refractivity contribution in [3.63, 3.8) is 0 Å². The summed E-state index contributed by atoms with van der Waals surface area (Å²) >= 11 is 0. The monoisotopic (exact) mass is 321 g/mol. The van der Waals surface area contributed by atoms with Crippen molar-refractivity contribution in [1.82, 2.24) is 15.0 Å². The van der Waals surface area contributed by atoms with E-state index in [1.807, 2.05) is 30.3 Å². The standard InChI is InChI=1S/C19H19N3O2/c1-22(12-16-9-14-5-2-3-7-19(14)23-16)13-17-10-18(21-24-17)15-6-4-8-20-11-15/h2-8,10-11,16H,9,12-13H2,1H3. The smallest absolute Gasteiger partial charge is 0.151 e. The highest BCUT2D eigenvalue weighted by molar-refractivity contribution is 5.57. The molecule has 5 nitrogen and oxygen atoms in total. The molecule has 0 saturated carbocycles. The molecule has 24 heavy (non-hydrogen) atoms. The van der Waals surface area contributed by atoms with Crippen LogP contribution in [0, 0.1) is 0 Å². The predicted octanol–water partition coefficient (Wildman–Crippen LogP) is 3.17. The molecular formula is C19H19N3O2. The predicted molar refractivity (Wildman–Crippen MR) is 90.6 cm³/mol. The Morgan fingerprint density at radius 1 is 1.21 bits per heavy atom. The molecule has 1 aromatic carbocycles. The first kappa shape index (κ1) is 14.9. The van der Waals surface area contributed by atoms with Crippen LogP contribution in [-0.4, -0.2) is 34.7 Å². The molecule has 0 radical (unpaired) electrons. The minimum atomic E-state index is 0.188. The largest absolute Gasteiger partial charge is 0.488 e. The van der Waals surface area contributed by atoms with E-state index in [0.717, 1.165) is 35.7 Å². The molecule has 1 aliphatic heterocycles. The summed E-state index contributed by atoms with van der Waals surface area (Å²) in [7, 11) is 2.07. The molecule has 0 N–H and O–H groups in total. The third kappa shape index (κ3) is 3.16. The van der Waals surface area contributed by atoms with Gasteiger partial charge in [-0.3, -0.25) is 9.88 Å². The Bertz CT molecular complexity index is 791. The summed E-state index contributed by atoms with van der Waals surface area (Å²) in [6.45, 7) is 1.54. The van der Waals surface area contributed by atoms with Crippen molar-refractivity contribution in [2.75, 3.05) is 13.6 Å². The van der Waals surface area contributed by atoms with Gasteiger partial charge in [0.2, 0.25) is 0 Å². The van der Waals surface area contributed by atoms with Crippen LogP contribution >= 0.6 is 0 Å². The molecule has 0 bridgehead atoms. The second-order valence-electron chi connectivity index (χ2n) is 6.17. The molecule has 1 unspecified atom stereocenters. The van der Waals surface area contributed by atoms with Gasteiger partial charge in [0.15, 0.2) is 5.76 Å². The third-order valence-corrected chi connectivity index (χ3v) is 4.17. The summed E-state index contributed by atoms with van der Waals surface area (Å²) in [5.74, 6) is 1.85. The van der Waals surface area contributed by atoms with Gasteiger partial charge in [-0.15, -0.1) is 0 Å². The first-order valence-corrected chi connectivity index (χ1v) is 8.07. The molecule has 0 spiro atoms. The molecule has 3 aromatic rings. The number of hydrogen-bond acceptors (Lipinski definition) is 5. The maximum absolute atomic E-state index is 5.99. The first-order valence-electron chi connectivity index (χ1n) is 8.07. The second-order valence-corrected chi connectivity index (χ2v) is 6.17. The van der Waals surface area contributed by atoms with Gasteiger partial charge in [-0.1, -0.05) is 23.4 Å². The highest BCUT2D eigenvalue weighted by atomic mass is 16.5. The zero-order valence-electron chi connectivity index (χ0n) is 13.6. The molecular weight excluding hydrogens is 302 g/mol. The van der Waals surface area contributed by atoms with Gasteiger partial charge in [-0.25, -0.2) is 0 Å². The summed E-state index contributed by atoms with van der Waals surface area (Å²) < 4.78 is 11.4. The molecule has 122 valence electrons. The maximum Gasteiger partial charge on any atom is 0.151 e.